The standard InChI is InChI=1S/C10H15FN2O/c1-7(6-14)13(2)10-8(11)4-3-5-9(10)12/h3-5,7,14H,6,12H2,1-2H3. The molecule has 0 aliphatic heterocycles. The van der Waals surface area contributed by atoms with Gasteiger partial charge in [0.1, 0.15) is 5.82 Å². The quantitative estimate of drug-likeness (QED) is 0.718. The molecule has 78 valence electrons. The van der Waals surface area contributed by atoms with Crippen LogP contribution in [0.5, 0.6) is 0 Å². The maximum atomic E-state index is 13.4. The molecule has 0 amide bonds. The number of benzene rings is 1. The minimum absolute atomic E-state index is 0.0374. The predicted octanol–water partition coefficient (Wildman–Crippen LogP) is 1.22. The molecule has 4 heteroatoms. The first-order valence-electron chi connectivity index (χ1n) is 4.45. The van der Waals surface area contributed by atoms with Crippen molar-refractivity contribution in [3.63, 3.8) is 0 Å². The van der Waals surface area contributed by atoms with E-state index in [1.165, 1.54) is 6.07 Å². The van der Waals surface area contributed by atoms with E-state index in [1.54, 1.807) is 31.0 Å². The van der Waals surface area contributed by atoms with Gasteiger partial charge in [-0.25, -0.2) is 4.39 Å². The molecular weight excluding hydrogens is 183 g/mol. The fraction of sp³-hybridized carbons (Fsp3) is 0.400. The third kappa shape index (κ3) is 1.96. The molecule has 0 saturated carbocycles. The molecule has 0 aliphatic carbocycles. The van der Waals surface area contributed by atoms with Gasteiger partial charge in [-0.2, -0.15) is 0 Å². The van der Waals surface area contributed by atoms with Crippen LogP contribution < -0.4 is 10.6 Å². The highest BCUT2D eigenvalue weighted by Crippen LogP contribution is 2.26. The summed E-state index contributed by atoms with van der Waals surface area (Å²) in [5.74, 6) is -0.368. The number of nitrogens with zero attached hydrogens (tertiary/aromatic N) is 1. The van der Waals surface area contributed by atoms with Crippen molar-refractivity contribution in [3.05, 3.63) is 24.0 Å². The summed E-state index contributed by atoms with van der Waals surface area (Å²) in [7, 11) is 1.70. The number of likely N-dealkylation sites (N-methyl/N-ethyl adjacent to an activating group) is 1. The lowest BCUT2D eigenvalue weighted by Gasteiger charge is -2.26. The number of aliphatic hydroxyl groups excluding tert-OH is 1. The van der Waals surface area contributed by atoms with Crippen LogP contribution in [-0.2, 0) is 0 Å². The number of halogens is 1. The van der Waals surface area contributed by atoms with Crippen molar-refractivity contribution in [1.29, 1.82) is 0 Å². The Hall–Kier alpha value is -1.29. The van der Waals surface area contributed by atoms with E-state index in [1.807, 2.05) is 0 Å². The molecule has 3 N–H and O–H groups in total. The van der Waals surface area contributed by atoms with Crippen molar-refractivity contribution in [3.8, 4) is 0 Å². The van der Waals surface area contributed by atoms with Gasteiger partial charge in [-0.1, -0.05) is 6.07 Å². The molecule has 1 unspecified atom stereocenters. The monoisotopic (exact) mass is 198 g/mol. The smallest absolute Gasteiger partial charge is 0.148 e. The average molecular weight is 198 g/mol. The maximum absolute atomic E-state index is 13.4. The van der Waals surface area contributed by atoms with E-state index in [2.05, 4.69) is 0 Å². The topological polar surface area (TPSA) is 49.5 Å². The summed E-state index contributed by atoms with van der Waals surface area (Å²) >= 11 is 0. The van der Waals surface area contributed by atoms with Crippen LogP contribution in [0.1, 0.15) is 6.92 Å². The van der Waals surface area contributed by atoms with Gasteiger partial charge in [0.2, 0.25) is 0 Å². The average Bonchev–Trinajstić information content (AvgIpc) is 2.16. The molecular formula is C10H15FN2O. The number of para-hydroxylation sites is 1. The van der Waals surface area contributed by atoms with Gasteiger partial charge in [0, 0.05) is 13.1 Å². The number of hydrogen-bond acceptors (Lipinski definition) is 3. The second-order valence-electron chi connectivity index (χ2n) is 3.32. The van der Waals surface area contributed by atoms with Crippen molar-refractivity contribution in [2.24, 2.45) is 0 Å². The zero-order chi connectivity index (χ0) is 10.7. The van der Waals surface area contributed by atoms with E-state index < -0.39 is 0 Å². The predicted molar refractivity (Wildman–Crippen MR) is 55.8 cm³/mol. The van der Waals surface area contributed by atoms with Crippen LogP contribution in [0.25, 0.3) is 0 Å². The molecule has 0 heterocycles. The molecule has 1 atom stereocenters. The Balaban J connectivity index is 3.05. The number of anilines is 2. The highest BCUT2D eigenvalue weighted by atomic mass is 19.1. The number of nitrogens with two attached hydrogens (primary N) is 1. The zero-order valence-electron chi connectivity index (χ0n) is 8.37. The minimum Gasteiger partial charge on any atom is -0.397 e. The molecule has 0 radical (unpaired) electrons. The van der Waals surface area contributed by atoms with Crippen LogP contribution >= 0.6 is 0 Å². The van der Waals surface area contributed by atoms with Crippen molar-refractivity contribution in [2.75, 3.05) is 24.3 Å². The van der Waals surface area contributed by atoms with Gasteiger partial charge in [-0.3, -0.25) is 0 Å². The van der Waals surface area contributed by atoms with Crippen LogP contribution in [0, 0.1) is 5.82 Å². The third-order valence-electron chi connectivity index (χ3n) is 2.30. The van der Waals surface area contributed by atoms with Gasteiger partial charge in [0.15, 0.2) is 0 Å². The van der Waals surface area contributed by atoms with Gasteiger partial charge in [0.25, 0.3) is 0 Å². The molecule has 0 aromatic heterocycles. The number of nitrogen functional groups attached to an aromatic ring is 1. The summed E-state index contributed by atoms with van der Waals surface area (Å²) in [6.45, 7) is 1.76. The van der Waals surface area contributed by atoms with Crippen LogP contribution in [0.4, 0.5) is 15.8 Å². The van der Waals surface area contributed by atoms with Crippen LogP contribution in [-0.4, -0.2) is 24.8 Å². The highest BCUT2D eigenvalue weighted by molar-refractivity contribution is 5.68. The normalized spacial score (nSPS) is 12.6. The van der Waals surface area contributed by atoms with E-state index in [0.717, 1.165) is 0 Å². The third-order valence-corrected chi connectivity index (χ3v) is 2.30. The van der Waals surface area contributed by atoms with Gasteiger partial charge in [-0.05, 0) is 19.1 Å². The molecule has 3 nitrogen and oxygen atoms in total. The largest absolute Gasteiger partial charge is 0.397 e. The molecule has 1 aromatic carbocycles. The first-order valence-corrected chi connectivity index (χ1v) is 4.45. The van der Waals surface area contributed by atoms with E-state index in [4.69, 9.17) is 10.8 Å². The van der Waals surface area contributed by atoms with Gasteiger partial charge in [-0.15, -0.1) is 0 Å². The second-order valence-corrected chi connectivity index (χ2v) is 3.32. The lowest BCUT2D eigenvalue weighted by atomic mass is 10.2. The molecule has 14 heavy (non-hydrogen) atoms. The molecule has 0 bridgehead atoms. The Kier molecular flexibility index (Phi) is 3.30. The highest BCUT2D eigenvalue weighted by Gasteiger charge is 2.15. The van der Waals surface area contributed by atoms with Crippen LogP contribution in [0.3, 0.4) is 0 Å². The van der Waals surface area contributed by atoms with E-state index >= 15 is 0 Å². The summed E-state index contributed by atoms with van der Waals surface area (Å²) in [5.41, 5.74) is 6.38. The Morgan fingerprint density at radius 3 is 2.71 bits per heavy atom. The summed E-state index contributed by atoms with van der Waals surface area (Å²) in [6, 6.07) is 4.39. The molecule has 1 aromatic rings. The van der Waals surface area contributed by atoms with Gasteiger partial charge in [0.05, 0.1) is 18.0 Å². The zero-order valence-corrected chi connectivity index (χ0v) is 8.37. The fourth-order valence-electron chi connectivity index (χ4n) is 1.25. The van der Waals surface area contributed by atoms with Gasteiger partial charge >= 0.3 is 0 Å². The fourth-order valence-corrected chi connectivity index (χ4v) is 1.25. The molecule has 1 rings (SSSR count). The lowest BCUT2D eigenvalue weighted by Crippen LogP contribution is -2.33. The first-order chi connectivity index (χ1) is 6.57. The summed E-state index contributed by atoms with van der Waals surface area (Å²) in [4.78, 5) is 1.63. The molecule has 0 aliphatic rings. The molecule has 0 spiro atoms. The van der Waals surface area contributed by atoms with Crippen molar-refractivity contribution < 1.29 is 9.50 Å². The van der Waals surface area contributed by atoms with Crippen LogP contribution in [0.15, 0.2) is 18.2 Å². The maximum Gasteiger partial charge on any atom is 0.148 e. The lowest BCUT2D eigenvalue weighted by molar-refractivity contribution is 0.270. The minimum atomic E-state index is -0.368. The Labute approximate surface area is 83.0 Å². The number of rotatable bonds is 3. The summed E-state index contributed by atoms with van der Waals surface area (Å²) < 4.78 is 13.4. The van der Waals surface area contributed by atoms with Crippen LogP contribution in [0.2, 0.25) is 0 Å². The summed E-state index contributed by atoms with van der Waals surface area (Å²) in [5, 5.41) is 8.94. The Morgan fingerprint density at radius 1 is 1.57 bits per heavy atom. The molecule has 0 fully saturated rings. The summed E-state index contributed by atoms with van der Waals surface area (Å²) in [6.07, 6.45) is 0. The Morgan fingerprint density at radius 2 is 2.21 bits per heavy atom. The number of hydrogen-bond donors (Lipinski definition) is 2. The van der Waals surface area contributed by atoms with Crippen molar-refractivity contribution in [1.82, 2.24) is 0 Å². The van der Waals surface area contributed by atoms with Gasteiger partial charge < -0.3 is 15.7 Å². The first kappa shape index (κ1) is 10.8. The molecule has 0 saturated heterocycles. The second kappa shape index (κ2) is 4.28. The Bertz CT molecular complexity index is 297. The van der Waals surface area contributed by atoms with E-state index in [9.17, 15) is 4.39 Å². The number of aliphatic hydroxyl groups is 1. The SMILES string of the molecule is CC(CO)N(C)c1c(N)cccc1F. The van der Waals surface area contributed by atoms with E-state index in [-0.39, 0.29) is 18.5 Å². The van der Waals surface area contributed by atoms with Crippen molar-refractivity contribution >= 4 is 11.4 Å². The van der Waals surface area contributed by atoms with E-state index in [0.29, 0.717) is 11.4 Å². The van der Waals surface area contributed by atoms with Crippen molar-refractivity contribution in [2.45, 2.75) is 13.0 Å².